The van der Waals surface area contributed by atoms with Gasteiger partial charge in [-0.05, 0) is 24.6 Å². The molecule has 0 fully saturated rings. The summed E-state index contributed by atoms with van der Waals surface area (Å²) >= 11 is 0. The van der Waals surface area contributed by atoms with Crippen molar-refractivity contribution in [1.29, 1.82) is 0 Å². The van der Waals surface area contributed by atoms with Crippen molar-refractivity contribution in [3.8, 4) is 11.1 Å². The summed E-state index contributed by atoms with van der Waals surface area (Å²) in [5.74, 6) is -1.04. The predicted octanol–water partition coefficient (Wildman–Crippen LogP) is 4.13. The maximum absolute atomic E-state index is 13.2. The molecule has 0 bridgehead atoms. The summed E-state index contributed by atoms with van der Waals surface area (Å²) in [6.45, 7) is 1.50. The van der Waals surface area contributed by atoms with Crippen LogP contribution in [0.15, 0.2) is 42.5 Å². The number of ether oxygens (including phenoxy) is 1. The Bertz CT molecular complexity index is 682. The second kappa shape index (κ2) is 6.09. The number of hydrogen-bond donors (Lipinski definition) is 1. The van der Waals surface area contributed by atoms with E-state index in [0.717, 1.165) is 12.1 Å². The first-order valence-electron chi connectivity index (χ1n) is 6.58. The third-order valence-corrected chi connectivity index (χ3v) is 3.08. The van der Waals surface area contributed by atoms with E-state index in [0.29, 0.717) is 5.56 Å². The highest BCUT2D eigenvalue weighted by atomic mass is 19.4. The normalized spacial score (nSPS) is 11.3. The van der Waals surface area contributed by atoms with Crippen molar-refractivity contribution in [2.75, 3.05) is 12.3 Å². The molecule has 2 aromatic carbocycles. The van der Waals surface area contributed by atoms with Gasteiger partial charge in [0, 0.05) is 11.3 Å². The Morgan fingerprint density at radius 2 is 1.82 bits per heavy atom. The zero-order valence-electron chi connectivity index (χ0n) is 11.8. The lowest BCUT2D eigenvalue weighted by Crippen LogP contribution is -2.16. The van der Waals surface area contributed by atoms with Gasteiger partial charge in [-0.3, -0.25) is 0 Å². The van der Waals surface area contributed by atoms with Gasteiger partial charge in [0.2, 0.25) is 0 Å². The predicted molar refractivity (Wildman–Crippen MR) is 77.2 cm³/mol. The van der Waals surface area contributed by atoms with Crippen LogP contribution in [0.5, 0.6) is 0 Å². The molecule has 0 spiro atoms. The minimum absolute atomic E-state index is 0.0174. The summed E-state index contributed by atoms with van der Waals surface area (Å²) in [5.41, 5.74) is 5.04. The van der Waals surface area contributed by atoms with Crippen LogP contribution in [0.2, 0.25) is 0 Å². The van der Waals surface area contributed by atoms with Crippen LogP contribution in [0.4, 0.5) is 18.9 Å². The fraction of sp³-hybridized carbons (Fsp3) is 0.188. The topological polar surface area (TPSA) is 52.3 Å². The van der Waals surface area contributed by atoms with Crippen LogP contribution in [0.25, 0.3) is 11.1 Å². The molecule has 0 aliphatic heterocycles. The molecule has 116 valence electrons. The lowest BCUT2D eigenvalue weighted by Gasteiger charge is -2.16. The van der Waals surface area contributed by atoms with Crippen molar-refractivity contribution >= 4 is 11.7 Å². The van der Waals surface area contributed by atoms with E-state index in [1.807, 2.05) is 0 Å². The maximum atomic E-state index is 13.2. The smallest absolute Gasteiger partial charge is 0.417 e. The van der Waals surface area contributed by atoms with Crippen molar-refractivity contribution < 1.29 is 22.7 Å². The second-order valence-corrected chi connectivity index (χ2v) is 4.57. The number of rotatable bonds is 3. The van der Waals surface area contributed by atoms with E-state index in [2.05, 4.69) is 4.74 Å². The molecule has 0 heterocycles. The number of carbonyl (C=O) groups excluding carboxylic acids is 1. The SMILES string of the molecule is CCOC(=O)c1cc(N)c(-c2ccccc2)cc1C(F)(F)F. The number of esters is 1. The van der Waals surface area contributed by atoms with Crippen molar-refractivity contribution in [1.82, 2.24) is 0 Å². The molecule has 0 atom stereocenters. The zero-order chi connectivity index (χ0) is 16.3. The molecular formula is C16H14F3NO2. The van der Waals surface area contributed by atoms with Gasteiger partial charge in [-0.25, -0.2) is 4.79 Å². The third kappa shape index (κ3) is 3.21. The lowest BCUT2D eigenvalue weighted by molar-refractivity contribution is -0.138. The fourth-order valence-corrected chi connectivity index (χ4v) is 2.10. The van der Waals surface area contributed by atoms with Crippen molar-refractivity contribution in [3.63, 3.8) is 0 Å². The van der Waals surface area contributed by atoms with Crippen molar-refractivity contribution in [2.24, 2.45) is 0 Å². The average Bonchev–Trinajstić information content (AvgIpc) is 2.47. The van der Waals surface area contributed by atoms with E-state index in [-0.39, 0.29) is 17.9 Å². The van der Waals surface area contributed by atoms with Gasteiger partial charge in [-0.1, -0.05) is 30.3 Å². The molecule has 0 saturated heterocycles. The van der Waals surface area contributed by atoms with E-state index in [1.165, 1.54) is 6.92 Å². The van der Waals surface area contributed by atoms with Gasteiger partial charge >= 0.3 is 12.1 Å². The summed E-state index contributed by atoms with van der Waals surface area (Å²) in [5, 5.41) is 0. The molecule has 0 radical (unpaired) electrons. The number of alkyl halides is 3. The van der Waals surface area contributed by atoms with Crippen molar-refractivity contribution in [3.05, 3.63) is 53.6 Å². The van der Waals surface area contributed by atoms with E-state index >= 15 is 0 Å². The van der Waals surface area contributed by atoms with Crippen LogP contribution in [0.1, 0.15) is 22.8 Å². The van der Waals surface area contributed by atoms with E-state index in [9.17, 15) is 18.0 Å². The van der Waals surface area contributed by atoms with Crippen LogP contribution in [0, 0.1) is 0 Å². The molecule has 2 aromatic rings. The molecule has 3 nitrogen and oxygen atoms in total. The van der Waals surface area contributed by atoms with Gasteiger partial charge in [0.1, 0.15) is 0 Å². The van der Waals surface area contributed by atoms with Crippen LogP contribution in [-0.4, -0.2) is 12.6 Å². The van der Waals surface area contributed by atoms with Gasteiger partial charge < -0.3 is 10.5 Å². The summed E-state index contributed by atoms with van der Waals surface area (Å²) in [6.07, 6.45) is -4.68. The van der Waals surface area contributed by atoms with E-state index in [1.54, 1.807) is 30.3 Å². The highest BCUT2D eigenvalue weighted by molar-refractivity contribution is 5.95. The Morgan fingerprint density at radius 1 is 1.18 bits per heavy atom. The maximum Gasteiger partial charge on any atom is 0.417 e. The Morgan fingerprint density at radius 3 is 2.36 bits per heavy atom. The van der Waals surface area contributed by atoms with E-state index in [4.69, 9.17) is 5.73 Å². The number of benzene rings is 2. The number of carbonyl (C=O) groups is 1. The molecule has 0 amide bonds. The monoisotopic (exact) mass is 309 g/mol. The molecule has 0 saturated carbocycles. The number of nitrogens with two attached hydrogens (primary N) is 1. The van der Waals surface area contributed by atoms with Gasteiger partial charge in [-0.15, -0.1) is 0 Å². The van der Waals surface area contributed by atoms with Gasteiger partial charge in [0.25, 0.3) is 0 Å². The first-order chi connectivity index (χ1) is 10.3. The van der Waals surface area contributed by atoms with Crippen LogP contribution in [0.3, 0.4) is 0 Å². The van der Waals surface area contributed by atoms with Crippen LogP contribution >= 0.6 is 0 Å². The molecule has 2 N–H and O–H groups in total. The van der Waals surface area contributed by atoms with Crippen molar-refractivity contribution in [2.45, 2.75) is 13.1 Å². The summed E-state index contributed by atoms with van der Waals surface area (Å²) in [7, 11) is 0. The van der Waals surface area contributed by atoms with Gasteiger partial charge in [0.15, 0.2) is 0 Å². The molecular weight excluding hydrogens is 295 g/mol. The third-order valence-electron chi connectivity index (χ3n) is 3.08. The number of nitrogen functional groups attached to an aromatic ring is 1. The molecule has 0 aliphatic carbocycles. The quantitative estimate of drug-likeness (QED) is 0.685. The molecule has 2 rings (SSSR count). The van der Waals surface area contributed by atoms with Gasteiger partial charge in [0.05, 0.1) is 17.7 Å². The standard InChI is InChI=1S/C16H14F3NO2/c1-2-22-15(21)12-9-14(20)11(8-13(12)16(17,18)19)10-6-4-3-5-7-10/h3-9H,2,20H2,1H3. The highest BCUT2D eigenvalue weighted by Gasteiger charge is 2.36. The fourth-order valence-electron chi connectivity index (χ4n) is 2.10. The Balaban J connectivity index is 2.64. The molecule has 0 aromatic heterocycles. The minimum Gasteiger partial charge on any atom is -0.462 e. The number of halogens is 3. The summed E-state index contributed by atoms with van der Waals surface area (Å²) < 4.78 is 44.4. The molecule has 6 heteroatoms. The highest BCUT2D eigenvalue weighted by Crippen LogP contribution is 2.38. The van der Waals surface area contributed by atoms with Crippen LogP contribution in [-0.2, 0) is 10.9 Å². The average molecular weight is 309 g/mol. The Labute approximate surface area is 125 Å². The first-order valence-corrected chi connectivity index (χ1v) is 6.58. The Kier molecular flexibility index (Phi) is 4.40. The molecule has 0 unspecified atom stereocenters. The number of anilines is 1. The minimum atomic E-state index is -4.68. The number of hydrogen-bond acceptors (Lipinski definition) is 3. The van der Waals surface area contributed by atoms with E-state index < -0.39 is 23.3 Å². The molecule has 0 aliphatic rings. The largest absolute Gasteiger partial charge is 0.462 e. The van der Waals surface area contributed by atoms with Crippen LogP contribution < -0.4 is 5.73 Å². The lowest BCUT2D eigenvalue weighted by atomic mass is 9.97. The summed E-state index contributed by atoms with van der Waals surface area (Å²) in [6, 6.07) is 10.3. The van der Waals surface area contributed by atoms with Gasteiger partial charge in [-0.2, -0.15) is 13.2 Å². The summed E-state index contributed by atoms with van der Waals surface area (Å²) in [4.78, 5) is 11.7. The molecule has 22 heavy (non-hydrogen) atoms. The second-order valence-electron chi connectivity index (χ2n) is 4.57. The Hall–Kier alpha value is -2.50. The zero-order valence-corrected chi connectivity index (χ0v) is 11.8. The first kappa shape index (κ1) is 15.9.